The molecule has 0 radical (unpaired) electrons. The molecule has 3 rings (SSSR count). The van der Waals surface area contributed by atoms with Gasteiger partial charge in [-0.2, -0.15) is 0 Å². The van der Waals surface area contributed by atoms with Crippen LogP contribution in [0.2, 0.25) is 0 Å². The summed E-state index contributed by atoms with van der Waals surface area (Å²) in [6.45, 7) is 8.60. The molecular weight excluding hydrogens is 499 g/mol. The molecule has 0 amide bonds. The number of aliphatic imine (C=N–C) groups is 1. The molecule has 6 heteroatoms. The van der Waals surface area contributed by atoms with E-state index in [0.717, 1.165) is 45.0 Å². The number of piperidine rings is 1. The summed E-state index contributed by atoms with van der Waals surface area (Å²) in [5, 5.41) is 7.12. The predicted molar refractivity (Wildman–Crippen MR) is 140 cm³/mol. The normalized spacial score (nSPS) is 19.5. The number of hydrogen-bond donors (Lipinski definition) is 2. The van der Waals surface area contributed by atoms with E-state index in [4.69, 9.17) is 4.74 Å². The summed E-state index contributed by atoms with van der Waals surface area (Å²) in [4.78, 5) is 7.03. The highest BCUT2D eigenvalue weighted by molar-refractivity contribution is 14.0. The molecule has 1 aliphatic rings. The Morgan fingerprint density at radius 2 is 1.81 bits per heavy atom. The third-order valence-electron chi connectivity index (χ3n) is 5.83. The molecule has 2 unspecified atom stereocenters. The lowest BCUT2D eigenvalue weighted by atomic mass is 9.97. The van der Waals surface area contributed by atoms with Gasteiger partial charge in [-0.15, -0.1) is 24.0 Å². The molecule has 1 saturated heterocycles. The van der Waals surface area contributed by atoms with Gasteiger partial charge in [-0.05, 0) is 43.4 Å². The molecule has 5 nitrogen and oxygen atoms in total. The van der Waals surface area contributed by atoms with Gasteiger partial charge in [0.1, 0.15) is 0 Å². The minimum Gasteiger partial charge on any atom is -0.377 e. The Kier molecular flexibility index (Phi) is 11.3. The van der Waals surface area contributed by atoms with Crippen LogP contribution in [0.3, 0.4) is 0 Å². The molecule has 1 aliphatic heterocycles. The second kappa shape index (κ2) is 13.7. The topological polar surface area (TPSA) is 48.9 Å². The summed E-state index contributed by atoms with van der Waals surface area (Å²) >= 11 is 0. The molecule has 2 atom stereocenters. The van der Waals surface area contributed by atoms with Gasteiger partial charge in [0.2, 0.25) is 0 Å². The van der Waals surface area contributed by atoms with Crippen LogP contribution in [0.5, 0.6) is 0 Å². The van der Waals surface area contributed by atoms with E-state index in [-0.39, 0.29) is 24.0 Å². The number of ether oxygens (including phenoxy) is 1. The van der Waals surface area contributed by atoms with Gasteiger partial charge in [0.15, 0.2) is 5.96 Å². The van der Waals surface area contributed by atoms with Crippen LogP contribution in [-0.4, -0.2) is 43.1 Å². The zero-order chi connectivity index (χ0) is 21.2. The Morgan fingerprint density at radius 3 is 2.48 bits per heavy atom. The van der Waals surface area contributed by atoms with Crippen LogP contribution in [0.15, 0.2) is 59.6 Å². The molecule has 31 heavy (non-hydrogen) atoms. The summed E-state index contributed by atoms with van der Waals surface area (Å²) in [7, 11) is 1.84. The maximum absolute atomic E-state index is 5.60. The van der Waals surface area contributed by atoms with E-state index in [1.54, 1.807) is 0 Å². The van der Waals surface area contributed by atoms with Crippen molar-refractivity contribution in [2.45, 2.75) is 58.5 Å². The van der Waals surface area contributed by atoms with Crippen LogP contribution in [0, 0.1) is 0 Å². The number of rotatable bonds is 8. The quantitative estimate of drug-likeness (QED) is 0.295. The Bertz CT molecular complexity index is 799. The van der Waals surface area contributed by atoms with E-state index in [1.165, 1.54) is 16.7 Å². The van der Waals surface area contributed by atoms with Crippen molar-refractivity contribution in [3.63, 3.8) is 0 Å². The Morgan fingerprint density at radius 1 is 1.10 bits per heavy atom. The molecule has 0 bridgehead atoms. The van der Waals surface area contributed by atoms with Gasteiger partial charge < -0.3 is 15.4 Å². The molecule has 0 aromatic heterocycles. The van der Waals surface area contributed by atoms with Crippen molar-refractivity contribution in [3.8, 4) is 0 Å². The molecule has 2 aromatic carbocycles. The number of benzene rings is 2. The first kappa shape index (κ1) is 25.6. The summed E-state index contributed by atoms with van der Waals surface area (Å²) in [5.41, 5.74) is 3.86. The fourth-order valence-corrected chi connectivity index (χ4v) is 4.05. The van der Waals surface area contributed by atoms with Crippen LogP contribution in [0.4, 0.5) is 0 Å². The van der Waals surface area contributed by atoms with Gasteiger partial charge in [-0.1, -0.05) is 54.6 Å². The average molecular weight is 537 g/mol. The number of nitrogens with zero attached hydrogens (tertiary/aromatic N) is 2. The van der Waals surface area contributed by atoms with Crippen LogP contribution in [0.25, 0.3) is 0 Å². The molecule has 0 aliphatic carbocycles. The highest BCUT2D eigenvalue weighted by Gasteiger charge is 2.26. The second-order valence-electron chi connectivity index (χ2n) is 8.00. The predicted octanol–water partition coefficient (Wildman–Crippen LogP) is 4.56. The zero-order valence-electron chi connectivity index (χ0n) is 19.0. The average Bonchev–Trinajstić information content (AvgIpc) is 2.78. The Labute approximate surface area is 204 Å². The lowest BCUT2D eigenvalue weighted by Crippen LogP contribution is -2.51. The number of nitrogens with one attached hydrogen (secondary N) is 2. The summed E-state index contributed by atoms with van der Waals surface area (Å²) in [6, 6.07) is 20.2. The van der Waals surface area contributed by atoms with Crippen molar-refractivity contribution < 1.29 is 4.74 Å². The maximum Gasteiger partial charge on any atom is 0.191 e. The third-order valence-corrected chi connectivity index (χ3v) is 5.83. The van der Waals surface area contributed by atoms with Gasteiger partial charge in [-0.3, -0.25) is 9.89 Å². The van der Waals surface area contributed by atoms with E-state index < -0.39 is 0 Å². The molecule has 1 fully saturated rings. The molecule has 0 spiro atoms. The standard InChI is InChI=1S/C25H36N4O.HI/c1-4-30-19-23-13-9-8-12-22(23)17-27-25(26-3)28-24-14-15-29(20(2)16-24)18-21-10-6-5-7-11-21;/h5-13,20,24H,4,14-19H2,1-3H3,(H2,26,27,28);1H. The van der Waals surface area contributed by atoms with Crippen molar-refractivity contribution in [3.05, 3.63) is 71.3 Å². The van der Waals surface area contributed by atoms with Gasteiger partial charge >= 0.3 is 0 Å². The Hall–Kier alpha value is -1.64. The fraction of sp³-hybridized carbons (Fsp3) is 0.480. The van der Waals surface area contributed by atoms with E-state index >= 15 is 0 Å². The fourth-order valence-electron chi connectivity index (χ4n) is 4.05. The Balaban J connectivity index is 0.00000341. The highest BCUT2D eigenvalue weighted by atomic mass is 127. The van der Waals surface area contributed by atoms with E-state index in [0.29, 0.717) is 18.7 Å². The zero-order valence-corrected chi connectivity index (χ0v) is 21.3. The second-order valence-corrected chi connectivity index (χ2v) is 8.00. The molecule has 2 N–H and O–H groups in total. The molecule has 0 saturated carbocycles. The van der Waals surface area contributed by atoms with Gasteiger partial charge in [0, 0.05) is 45.4 Å². The van der Waals surface area contributed by atoms with E-state index in [2.05, 4.69) is 82.0 Å². The van der Waals surface area contributed by atoms with Gasteiger partial charge in [0.25, 0.3) is 0 Å². The molecule has 2 aromatic rings. The van der Waals surface area contributed by atoms with Crippen LogP contribution in [-0.2, 0) is 24.4 Å². The lowest BCUT2D eigenvalue weighted by molar-refractivity contribution is 0.133. The molecule has 1 heterocycles. The number of guanidine groups is 1. The van der Waals surface area contributed by atoms with Crippen LogP contribution >= 0.6 is 24.0 Å². The smallest absolute Gasteiger partial charge is 0.191 e. The minimum atomic E-state index is 0. The van der Waals surface area contributed by atoms with Gasteiger partial charge in [0.05, 0.1) is 6.61 Å². The first-order chi connectivity index (χ1) is 14.7. The summed E-state index contributed by atoms with van der Waals surface area (Å²) in [6.07, 6.45) is 2.24. The SMILES string of the molecule is CCOCc1ccccc1CNC(=NC)NC1CCN(Cc2ccccc2)C(C)C1.I. The number of likely N-dealkylation sites (tertiary alicyclic amines) is 1. The van der Waals surface area contributed by atoms with Crippen molar-refractivity contribution in [1.29, 1.82) is 0 Å². The lowest BCUT2D eigenvalue weighted by Gasteiger charge is -2.38. The van der Waals surface area contributed by atoms with Crippen LogP contribution < -0.4 is 10.6 Å². The minimum absolute atomic E-state index is 0. The monoisotopic (exact) mass is 536 g/mol. The van der Waals surface area contributed by atoms with Gasteiger partial charge in [-0.25, -0.2) is 0 Å². The van der Waals surface area contributed by atoms with Crippen molar-refractivity contribution >= 4 is 29.9 Å². The van der Waals surface area contributed by atoms with Crippen LogP contribution in [0.1, 0.15) is 43.4 Å². The summed E-state index contributed by atoms with van der Waals surface area (Å²) in [5.74, 6) is 0.870. The third kappa shape index (κ3) is 8.09. The van der Waals surface area contributed by atoms with Crippen molar-refractivity contribution in [2.24, 2.45) is 4.99 Å². The first-order valence-corrected chi connectivity index (χ1v) is 11.1. The first-order valence-electron chi connectivity index (χ1n) is 11.1. The number of hydrogen-bond acceptors (Lipinski definition) is 3. The van der Waals surface area contributed by atoms with Crippen molar-refractivity contribution in [2.75, 3.05) is 20.2 Å². The number of halogens is 1. The maximum atomic E-state index is 5.60. The van der Waals surface area contributed by atoms with E-state index in [9.17, 15) is 0 Å². The van der Waals surface area contributed by atoms with E-state index in [1.807, 2.05) is 14.0 Å². The largest absolute Gasteiger partial charge is 0.377 e. The molecular formula is C25H37IN4O. The molecule has 170 valence electrons. The summed E-state index contributed by atoms with van der Waals surface area (Å²) < 4.78 is 5.60. The van der Waals surface area contributed by atoms with Crippen molar-refractivity contribution in [1.82, 2.24) is 15.5 Å². The highest BCUT2D eigenvalue weighted by Crippen LogP contribution is 2.20.